The summed E-state index contributed by atoms with van der Waals surface area (Å²) in [7, 11) is 2.41. The van der Waals surface area contributed by atoms with Gasteiger partial charge in [0.2, 0.25) is 0 Å². The van der Waals surface area contributed by atoms with Crippen LogP contribution in [-0.4, -0.2) is 42.7 Å². The Morgan fingerprint density at radius 2 is 1.64 bits per heavy atom. The van der Waals surface area contributed by atoms with Gasteiger partial charge < -0.3 is 24.3 Å². The van der Waals surface area contributed by atoms with Crippen molar-refractivity contribution in [1.82, 2.24) is 5.32 Å². The lowest BCUT2D eigenvalue weighted by Crippen LogP contribution is -2.44. The maximum absolute atomic E-state index is 6.14. The Morgan fingerprint density at radius 3 is 2.18 bits per heavy atom. The maximum Gasteiger partial charge on any atom is 0.500 e. The molecule has 1 unspecified atom stereocenters. The van der Waals surface area contributed by atoms with Crippen LogP contribution in [0.15, 0.2) is 30.3 Å². The lowest BCUT2D eigenvalue weighted by atomic mass is 10.1. The predicted molar refractivity (Wildman–Crippen MR) is 94.2 cm³/mol. The summed E-state index contributed by atoms with van der Waals surface area (Å²) in [6, 6.07) is 11.2. The van der Waals surface area contributed by atoms with Gasteiger partial charge in [-0.25, -0.2) is 0 Å². The van der Waals surface area contributed by atoms with Gasteiger partial charge in [0, 0.05) is 40.0 Å². The molecule has 0 bridgehead atoms. The van der Waals surface area contributed by atoms with Crippen molar-refractivity contribution in [2.75, 3.05) is 27.9 Å². The molecule has 0 saturated carbocycles. The van der Waals surface area contributed by atoms with Crippen molar-refractivity contribution in [3.8, 4) is 0 Å². The van der Waals surface area contributed by atoms with E-state index >= 15 is 0 Å². The van der Waals surface area contributed by atoms with Crippen molar-refractivity contribution in [1.29, 1.82) is 0 Å². The monoisotopic (exact) mass is 348 g/mol. The molecule has 1 atom stereocenters. The highest BCUT2D eigenvalue weighted by molar-refractivity contribution is 6.60. The van der Waals surface area contributed by atoms with Crippen LogP contribution in [0.2, 0.25) is 6.04 Å². The number of hydrogen-bond acceptors (Lipinski definition) is 5. The van der Waals surface area contributed by atoms with E-state index in [2.05, 4.69) is 17.4 Å². The Bertz CT molecular complexity index is 372. The van der Waals surface area contributed by atoms with E-state index in [0.29, 0.717) is 0 Å². The fourth-order valence-electron chi connectivity index (χ4n) is 2.18. The fourth-order valence-corrected chi connectivity index (χ4v) is 4.02. The molecule has 7 heteroatoms. The molecule has 0 aliphatic rings. The molecule has 5 nitrogen and oxygen atoms in total. The van der Waals surface area contributed by atoms with E-state index in [-0.39, 0.29) is 18.4 Å². The summed E-state index contributed by atoms with van der Waals surface area (Å²) in [5.74, 6) is 0. The van der Waals surface area contributed by atoms with Crippen LogP contribution in [0.1, 0.15) is 18.4 Å². The highest BCUT2D eigenvalue weighted by atomic mass is 35.5. The predicted octanol–water partition coefficient (Wildman–Crippen LogP) is 2.18. The van der Waals surface area contributed by atoms with Crippen molar-refractivity contribution in [3.63, 3.8) is 0 Å². The first-order valence-corrected chi connectivity index (χ1v) is 9.24. The van der Waals surface area contributed by atoms with Crippen LogP contribution in [0.4, 0.5) is 0 Å². The van der Waals surface area contributed by atoms with Gasteiger partial charge in [0.15, 0.2) is 0 Å². The second-order valence-corrected chi connectivity index (χ2v) is 8.14. The second-order valence-electron chi connectivity index (χ2n) is 5.05. The minimum Gasteiger partial charge on any atom is -0.377 e. The minimum absolute atomic E-state index is 0. The molecule has 1 aromatic carbocycles. The first-order valence-electron chi connectivity index (χ1n) is 7.31. The molecule has 0 fully saturated rings. The van der Waals surface area contributed by atoms with Crippen LogP contribution >= 0.6 is 12.4 Å². The van der Waals surface area contributed by atoms with E-state index in [1.807, 2.05) is 18.2 Å². The van der Waals surface area contributed by atoms with Gasteiger partial charge in [-0.05, 0) is 24.9 Å². The van der Waals surface area contributed by atoms with Crippen LogP contribution in [0.25, 0.3) is 0 Å². The van der Waals surface area contributed by atoms with Gasteiger partial charge in [0.25, 0.3) is 0 Å². The van der Waals surface area contributed by atoms with Crippen molar-refractivity contribution in [3.05, 3.63) is 35.9 Å². The number of nitrogens with one attached hydrogen (secondary N) is 1. The van der Waals surface area contributed by atoms with Gasteiger partial charge in [-0.3, -0.25) is 0 Å². The molecule has 22 heavy (non-hydrogen) atoms. The average Bonchev–Trinajstić information content (AvgIpc) is 2.54. The van der Waals surface area contributed by atoms with E-state index in [4.69, 9.17) is 19.0 Å². The third-order valence-electron chi connectivity index (χ3n) is 3.62. The molecule has 128 valence electrons. The standard InChI is InChI=1S/C15H28N2O3Si.ClH/c1-18-21(19-2,20-3)12-10-15(16)9-11-17-13-14-7-5-4-6-8-14;/h4-8,15,17H,9-13,16H2,1-3H3;1H. The van der Waals surface area contributed by atoms with Gasteiger partial charge in [0.05, 0.1) is 0 Å². The number of nitrogens with two attached hydrogens (primary N) is 1. The van der Waals surface area contributed by atoms with Crippen molar-refractivity contribution < 1.29 is 13.3 Å². The zero-order valence-electron chi connectivity index (χ0n) is 13.7. The molecule has 0 saturated heterocycles. The highest BCUT2D eigenvalue weighted by Crippen LogP contribution is 2.16. The third-order valence-corrected chi connectivity index (χ3v) is 6.39. The van der Waals surface area contributed by atoms with Crippen LogP contribution < -0.4 is 11.1 Å². The van der Waals surface area contributed by atoms with Crippen molar-refractivity contribution in [2.45, 2.75) is 31.5 Å². The Kier molecular flexibility index (Phi) is 11.8. The lowest BCUT2D eigenvalue weighted by Gasteiger charge is -2.25. The zero-order valence-corrected chi connectivity index (χ0v) is 15.5. The Labute approximate surface area is 141 Å². The van der Waals surface area contributed by atoms with Gasteiger partial charge in [-0.15, -0.1) is 12.4 Å². The Balaban J connectivity index is 0.00000441. The van der Waals surface area contributed by atoms with Gasteiger partial charge in [-0.1, -0.05) is 30.3 Å². The fraction of sp³-hybridized carbons (Fsp3) is 0.600. The first-order chi connectivity index (χ1) is 10.2. The summed E-state index contributed by atoms with van der Waals surface area (Å²) in [6.07, 6.45) is 1.77. The molecule has 0 aliphatic carbocycles. The Hall–Kier alpha value is -0.473. The average molecular weight is 349 g/mol. The SMILES string of the molecule is CO[Si](CCC(N)CCNCc1ccccc1)(OC)OC.Cl. The topological polar surface area (TPSA) is 65.7 Å². The molecule has 3 N–H and O–H groups in total. The molecule has 1 aromatic rings. The molecule has 0 spiro atoms. The molecule has 0 aliphatic heterocycles. The van der Waals surface area contributed by atoms with Gasteiger partial charge in [0.1, 0.15) is 0 Å². The maximum atomic E-state index is 6.14. The second kappa shape index (κ2) is 12.0. The normalized spacial score (nSPS) is 12.7. The number of hydrogen-bond donors (Lipinski definition) is 2. The summed E-state index contributed by atoms with van der Waals surface area (Å²) in [6.45, 7) is 1.78. The van der Waals surface area contributed by atoms with Gasteiger partial charge >= 0.3 is 8.80 Å². The summed E-state index contributed by atoms with van der Waals surface area (Å²) >= 11 is 0. The molecular formula is C15H29ClN2O3Si. The summed E-state index contributed by atoms with van der Waals surface area (Å²) in [4.78, 5) is 0. The number of halogens is 1. The summed E-state index contributed by atoms with van der Waals surface area (Å²) < 4.78 is 16.2. The smallest absolute Gasteiger partial charge is 0.377 e. The number of benzene rings is 1. The van der Waals surface area contributed by atoms with Crippen molar-refractivity contribution >= 4 is 21.2 Å². The van der Waals surface area contributed by atoms with Crippen LogP contribution in [0.3, 0.4) is 0 Å². The van der Waals surface area contributed by atoms with Crippen LogP contribution in [0, 0.1) is 0 Å². The van der Waals surface area contributed by atoms with E-state index in [1.54, 1.807) is 21.3 Å². The highest BCUT2D eigenvalue weighted by Gasteiger charge is 2.37. The number of rotatable bonds is 11. The zero-order chi connectivity index (χ0) is 15.6. The first kappa shape index (κ1) is 21.5. The minimum atomic E-state index is -2.48. The summed E-state index contributed by atoms with van der Waals surface area (Å²) in [5, 5.41) is 3.41. The van der Waals surface area contributed by atoms with Gasteiger partial charge in [-0.2, -0.15) is 0 Å². The van der Waals surface area contributed by atoms with E-state index in [9.17, 15) is 0 Å². The molecule has 1 rings (SSSR count). The van der Waals surface area contributed by atoms with Crippen molar-refractivity contribution in [2.24, 2.45) is 5.73 Å². The molecule has 0 amide bonds. The molecule has 0 aromatic heterocycles. The van der Waals surface area contributed by atoms with Crippen LogP contribution in [-0.2, 0) is 19.8 Å². The lowest BCUT2D eigenvalue weighted by molar-refractivity contribution is 0.122. The quantitative estimate of drug-likeness (QED) is 0.474. The molecule has 0 heterocycles. The van der Waals surface area contributed by atoms with E-state index < -0.39 is 8.80 Å². The molecule has 0 radical (unpaired) electrons. The van der Waals surface area contributed by atoms with E-state index in [1.165, 1.54) is 5.56 Å². The summed E-state index contributed by atoms with van der Waals surface area (Å²) in [5.41, 5.74) is 7.43. The van der Waals surface area contributed by atoms with Crippen LogP contribution in [0.5, 0.6) is 0 Å². The largest absolute Gasteiger partial charge is 0.500 e. The molecular weight excluding hydrogens is 320 g/mol. The third kappa shape index (κ3) is 7.69. The van der Waals surface area contributed by atoms with E-state index in [0.717, 1.165) is 32.0 Å². The Morgan fingerprint density at radius 1 is 1.05 bits per heavy atom.